The first-order valence-electron chi connectivity index (χ1n) is 6.56. The van der Waals surface area contributed by atoms with Crippen LogP contribution in [0.15, 0.2) is 12.1 Å². The van der Waals surface area contributed by atoms with Crippen LogP contribution < -0.4 is 9.47 Å². The second kappa shape index (κ2) is 5.78. The summed E-state index contributed by atoms with van der Waals surface area (Å²) in [5, 5.41) is 0.544. The average molecular weight is 303 g/mol. The Hall–Kier alpha value is -0.640. The summed E-state index contributed by atoms with van der Waals surface area (Å²) in [4.78, 5) is 0. The number of alkyl halides is 1. The number of ether oxygens (including phenoxy) is 3. The molecule has 2 heterocycles. The topological polar surface area (TPSA) is 27.7 Å². The normalized spacial score (nSPS) is 21.2. The molecule has 0 spiro atoms. The lowest BCUT2D eigenvalue weighted by Gasteiger charge is -2.28. The maximum absolute atomic E-state index is 6.60. The lowest BCUT2D eigenvalue weighted by atomic mass is 9.91. The van der Waals surface area contributed by atoms with Gasteiger partial charge in [0.25, 0.3) is 0 Å². The van der Waals surface area contributed by atoms with Gasteiger partial charge in [0.15, 0.2) is 11.5 Å². The van der Waals surface area contributed by atoms with Crippen LogP contribution in [0.2, 0.25) is 5.02 Å². The Morgan fingerprint density at radius 2 is 1.63 bits per heavy atom. The maximum Gasteiger partial charge on any atom is 0.162 e. The molecule has 2 aliphatic heterocycles. The lowest BCUT2D eigenvalue weighted by molar-refractivity contribution is 0.0650. The largest absolute Gasteiger partial charge is 0.486 e. The fourth-order valence-electron chi connectivity index (χ4n) is 2.55. The van der Waals surface area contributed by atoms with Gasteiger partial charge in [-0.3, -0.25) is 0 Å². The van der Waals surface area contributed by atoms with E-state index in [1.54, 1.807) is 6.07 Å². The molecule has 1 atom stereocenters. The van der Waals surface area contributed by atoms with Crippen LogP contribution in [0.3, 0.4) is 0 Å². The van der Waals surface area contributed by atoms with Gasteiger partial charge in [-0.2, -0.15) is 0 Å². The SMILES string of the molecule is Clc1cc2c(cc1C(Cl)C1CCOCC1)OCCO2. The Kier molecular flexibility index (Phi) is 4.06. The van der Waals surface area contributed by atoms with Gasteiger partial charge in [-0.25, -0.2) is 0 Å². The summed E-state index contributed by atoms with van der Waals surface area (Å²) >= 11 is 12.9. The Labute approximate surface area is 122 Å². The van der Waals surface area contributed by atoms with Gasteiger partial charge in [0.05, 0.1) is 5.38 Å². The molecule has 1 aromatic carbocycles. The monoisotopic (exact) mass is 302 g/mol. The molecule has 0 radical (unpaired) electrons. The summed E-state index contributed by atoms with van der Waals surface area (Å²) in [5.41, 5.74) is 0.930. The molecule has 0 amide bonds. The van der Waals surface area contributed by atoms with Crippen molar-refractivity contribution in [3.8, 4) is 11.5 Å². The van der Waals surface area contributed by atoms with E-state index in [4.69, 9.17) is 37.4 Å². The third kappa shape index (κ3) is 2.78. The molecular formula is C14H16Cl2O3. The first-order chi connectivity index (χ1) is 9.25. The minimum absolute atomic E-state index is 0.104. The molecule has 1 fully saturated rings. The third-order valence-electron chi connectivity index (χ3n) is 3.64. The highest BCUT2D eigenvalue weighted by Crippen LogP contribution is 2.43. The second-order valence-electron chi connectivity index (χ2n) is 4.87. The number of halogens is 2. The molecule has 5 heteroatoms. The Morgan fingerprint density at radius 1 is 1.00 bits per heavy atom. The predicted molar refractivity (Wildman–Crippen MR) is 74.6 cm³/mol. The van der Waals surface area contributed by atoms with Gasteiger partial charge in [0.2, 0.25) is 0 Å². The fourth-order valence-corrected chi connectivity index (χ4v) is 3.31. The van der Waals surface area contributed by atoms with E-state index in [1.165, 1.54) is 0 Å². The number of benzene rings is 1. The molecule has 3 nitrogen and oxygen atoms in total. The Morgan fingerprint density at radius 3 is 2.32 bits per heavy atom. The maximum atomic E-state index is 6.60. The van der Waals surface area contributed by atoms with Crippen molar-refractivity contribution < 1.29 is 14.2 Å². The van der Waals surface area contributed by atoms with Crippen LogP contribution in [0.4, 0.5) is 0 Å². The van der Waals surface area contributed by atoms with Crippen LogP contribution in [0, 0.1) is 5.92 Å². The first kappa shape index (κ1) is 13.3. The average Bonchev–Trinajstić information content (AvgIpc) is 2.47. The first-order valence-corrected chi connectivity index (χ1v) is 7.38. The van der Waals surface area contributed by atoms with E-state index in [9.17, 15) is 0 Å². The van der Waals surface area contributed by atoms with E-state index in [1.807, 2.05) is 6.07 Å². The smallest absolute Gasteiger partial charge is 0.162 e. The second-order valence-corrected chi connectivity index (χ2v) is 5.75. The van der Waals surface area contributed by atoms with Gasteiger partial charge in [0, 0.05) is 24.3 Å². The highest BCUT2D eigenvalue weighted by atomic mass is 35.5. The zero-order valence-corrected chi connectivity index (χ0v) is 12.0. The van der Waals surface area contributed by atoms with E-state index < -0.39 is 0 Å². The summed E-state index contributed by atoms with van der Waals surface area (Å²) in [6.07, 6.45) is 1.94. The van der Waals surface area contributed by atoms with Crippen molar-refractivity contribution in [3.05, 3.63) is 22.7 Å². The molecule has 1 aromatic rings. The van der Waals surface area contributed by atoms with Gasteiger partial charge in [-0.1, -0.05) is 11.6 Å². The molecule has 2 aliphatic rings. The number of fused-ring (bicyclic) bond motifs is 1. The summed E-state index contributed by atoms with van der Waals surface area (Å²) in [7, 11) is 0. The molecule has 3 rings (SSSR count). The van der Waals surface area contributed by atoms with Crippen molar-refractivity contribution in [2.45, 2.75) is 18.2 Å². The van der Waals surface area contributed by atoms with Gasteiger partial charge in [-0.15, -0.1) is 11.6 Å². The number of hydrogen-bond donors (Lipinski definition) is 0. The van der Waals surface area contributed by atoms with Crippen molar-refractivity contribution in [2.24, 2.45) is 5.92 Å². The highest BCUT2D eigenvalue weighted by molar-refractivity contribution is 6.33. The van der Waals surface area contributed by atoms with Gasteiger partial charge < -0.3 is 14.2 Å². The zero-order valence-electron chi connectivity index (χ0n) is 10.5. The van der Waals surface area contributed by atoms with Crippen molar-refractivity contribution in [2.75, 3.05) is 26.4 Å². The van der Waals surface area contributed by atoms with E-state index >= 15 is 0 Å². The third-order valence-corrected chi connectivity index (χ3v) is 4.56. The van der Waals surface area contributed by atoms with Crippen molar-refractivity contribution >= 4 is 23.2 Å². The molecule has 1 saturated heterocycles. The molecule has 0 N–H and O–H groups in total. The van der Waals surface area contributed by atoms with Gasteiger partial charge >= 0.3 is 0 Å². The zero-order chi connectivity index (χ0) is 13.2. The molecule has 104 valence electrons. The van der Waals surface area contributed by atoms with Crippen LogP contribution in [-0.4, -0.2) is 26.4 Å². The van der Waals surface area contributed by atoms with Crippen LogP contribution in [-0.2, 0) is 4.74 Å². The van der Waals surface area contributed by atoms with Crippen molar-refractivity contribution in [3.63, 3.8) is 0 Å². The molecule has 0 bridgehead atoms. The minimum Gasteiger partial charge on any atom is -0.486 e. The lowest BCUT2D eigenvalue weighted by Crippen LogP contribution is -2.20. The van der Waals surface area contributed by atoms with Crippen molar-refractivity contribution in [1.29, 1.82) is 0 Å². The molecule has 0 aromatic heterocycles. The van der Waals surface area contributed by atoms with E-state index in [-0.39, 0.29) is 5.38 Å². The fraction of sp³-hybridized carbons (Fsp3) is 0.571. The molecule has 1 unspecified atom stereocenters. The minimum atomic E-state index is -0.104. The number of rotatable bonds is 2. The number of hydrogen-bond acceptors (Lipinski definition) is 3. The van der Waals surface area contributed by atoms with Gasteiger partial charge in [0.1, 0.15) is 13.2 Å². The van der Waals surface area contributed by atoms with E-state index in [0.717, 1.165) is 37.4 Å². The molecular weight excluding hydrogens is 287 g/mol. The van der Waals surface area contributed by atoms with Crippen LogP contribution in [0.5, 0.6) is 11.5 Å². The Bertz CT molecular complexity index is 458. The predicted octanol–water partition coefficient (Wildman–Crippen LogP) is 3.82. The summed E-state index contributed by atoms with van der Waals surface area (Å²) in [6, 6.07) is 3.73. The standard InChI is InChI=1S/C14H16Cl2O3/c15-11-8-13-12(18-5-6-19-13)7-10(11)14(16)9-1-3-17-4-2-9/h7-9,14H,1-6H2. The molecule has 19 heavy (non-hydrogen) atoms. The van der Waals surface area contributed by atoms with Crippen LogP contribution >= 0.6 is 23.2 Å². The Balaban J connectivity index is 1.86. The molecule has 0 aliphatic carbocycles. The van der Waals surface area contributed by atoms with Crippen LogP contribution in [0.1, 0.15) is 23.8 Å². The van der Waals surface area contributed by atoms with Crippen molar-refractivity contribution in [1.82, 2.24) is 0 Å². The highest BCUT2D eigenvalue weighted by Gasteiger charge is 2.27. The van der Waals surface area contributed by atoms with E-state index in [0.29, 0.717) is 29.9 Å². The van der Waals surface area contributed by atoms with Crippen LogP contribution in [0.25, 0.3) is 0 Å². The molecule has 0 saturated carbocycles. The summed E-state index contributed by atoms with van der Waals surface area (Å²) in [6.45, 7) is 2.68. The van der Waals surface area contributed by atoms with Gasteiger partial charge in [-0.05, 0) is 30.4 Å². The summed E-state index contributed by atoms with van der Waals surface area (Å²) < 4.78 is 16.5. The van der Waals surface area contributed by atoms with E-state index in [2.05, 4.69) is 0 Å². The summed E-state index contributed by atoms with van der Waals surface area (Å²) in [5.74, 6) is 1.84. The quantitative estimate of drug-likeness (QED) is 0.777.